The molecule has 1 N–H and O–H groups in total. The first-order chi connectivity index (χ1) is 9.08. The average molecular weight is 281 g/mol. The van der Waals surface area contributed by atoms with Crippen LogP contribution < -0.4 is 5.32 Å². The Hall–Kier alpha value is -0.910. The number of carbonyl (C=O) groups is 1. The molecule has 0 bridgehead atoms. The third-order valence-corrected chi connectivity index (χ3v) is 4.42. The number of carbonyl (C=O) groups excluding carboxylic acids is 1. The van der Waals surface area contributed by atoms with Crippen molar-refractivity contribution in [2.75, 3.05) is 33.7 Å². The zero-order chi connectivity index (χ0) is 13.8. The van der Waals surface area contributed by atoms with Gasteiger partial charge in [0.1, 0.15) is 6.17 Å². The maximum atomic E-state index is 12.0. The normalized spacial score (nSPS) is 19.7. The minimum Gasteiger partial charge on any atom is -0.321 e. The first-order valence-electron chi connectivity index (χ1n) is 6.82. The smallest absolute Gasteiger partial charge is 0.238 e. The Bertz CT molecular complexity index is 430. The number of hydrogen-bond acceptors (Lipinski definition) is 4. The predicted molar refractivity (Wildman–Crippen MR) is 79.3 cm³/mol. The topological polar surface area (TPSA) is 35.6 Å². The van der Waals surface area contributed by atoms with E-state index in [0.29, 0.717) is 6.54 Å². The van der Waals surface area contributed by atoms with E-state index in [2.05, 4.69) is 43.4 Å². The van der Waals surface area contributed by atoms with Crippen LogP contribution in [-0.4, -0.2) is 49.4 Å². The van der Waals surface area contributed by atoms with Gasteiger partial charge in [0.15, 0.2) is 0 Å². The number of unbranched alkanes of at least 4 members (excludes halogenated alkanes) is 1. The summed E-state index contributed by atoms with van der Waals surface area (Å²) < 4.78 is 0. The molecule has 106 valence electrons. The average Bonchev–Trinajstić information content (AvgIpc) is 2.91. The third kappa shape index (κ3) is 3.78. The predicted octanol–water partition coefficient (Wildman–Crippen LogP) is 1.83. The van der Waals surface area contributed by atoms with Crippen LogP contribution in [0.2, 0.25) is 0 Å². The van der Waals surface area contributed by atoms with Gasteiger partial charge < -0.3 is 9.80 Å². The van der Waals surface area contributed by atoms with Gasteiger partial charge in [-0.05, 0) is 52.5 Å². The molecule has 1 saturated heterocycles. The van der Waals surface area contributed by atoms with Crippen molar-refractivity contribution in [3.8, 4) is 0 Å². The second-order valence-electron chi connectivity index (χ2n) is 5.33. The monoisotopic (exact) mass is 281 g/mol. The third-order valence-electron chi connectivity index (χ3n) is 3.36. The van der Waals surface area contributed by atoms with Crippen molar-refractivity contribution in [2.24, 2.45) is 0 Å². The van der Waals surface area contributed by atoms with Gasteiger partial charge in [-0.3, -0.25) is 10.1 Å². The van der Waals surface area contributed by atoms with E-state index in [1.807, 2.05) is 4.90 Å². The zero-order valence-electron chi connectivity index (χ0n) is 12.0. The highest BCUT2D eigenvalue weighted by Gasteiger charge is 2.31. The van der Waals surface area contributed by atoms with Crippen LogP contribution in [0.3, 0.4) is 0 Å². The molecule has 0 aromatic carbocycles. The second-order valence-corrected chi connectivity index (χ2v) is 6.65. The lowest BCUT2D eigenvalue weighted by molar-refractivity contribution is -0.128. The Morgan fingerprint density at radius 3 is 2.84 bits per heavy atom. The minimum absolute atomic E-state index is 0.0885. The second kappa shape index (κ2) is 6.50. The molecule has 0 radical (unpaired) electrons. The van der Waals surface area contributed by atoms with Gasteiger partial charge in [0, 0.05) is 16.3 Å². The highest BCUT2D eigenvalue weighted by Crippen LogP contribution is 2.28. The van der Waals surface area contributed by atoms with E-state index in [9.17, 15) is 4.79 Å². The Morgan fingerprint density at radius 1 is 1.42 bits per heavy atom. The molecule has 1 aromatic rings. The van der Waals surface area contributed by atoms with Crippen LogP contribution in [0.4, 0.5) is 0 Å². The summed E-state index contributed by atoms with van der Waals surface area (Å²) >= 11 is 1.77. The molecule has 0 aliphatic carbocycles. The van der Waals surface area contributed by atoms with Crippen molar-refractivity contribution in [1.82, 2.24) is 15.1 Å². The SMILES string of the molecule is Cc1ccc(C2NCC(=O)N2CCCCN(C)C)s1. The van der Waals surface area contributed by atoms with Gasteiger partial charge >= 0.3 is 0 Å². The van der Waals surface area contributed by atoms with Crippen molar-refractivity contribution in [2.45, 2.75) is 25.9 Å². The van der Waals surface area contributed by atoms with Crippen LogP contribution in [-0.2, 0) is 4.79 Å². The number of amides is 1. The zero-order valence-corrected chi connectivity index (χ0v) is 12.8. The van der Waals surface area contributed by atoms with Crippen molar-refractivity contribution in [3.05, 3.63) is 21.9 Å². The van der Waals surface area contributed by atoms with Crippen LogP contribution in [0.25, 0.3) is 0 Å². The quantitative estimate of drug-likeness (QED) is 0.808. The molecule has 0 saturated carbocycles. The van der Waals surface area contributed by atoms with E-state index in [1.54, 1.807) is 11.3 Å². The molecule has 1 aliphatic heterocycles. The van der Waals surface area contributed by atoms with Gasteiger partial charge in [-0.15, -0.1) is 11.3 Å². The molecule has 1 aromatic heterocycles. The Morgan fingerprint density at radius 2 is 2.21 bits per heavy atom. The molecule has 1 aliphatic rings. The summed E-state index contributed by atoms with van der Waals surface area (Å²) in [5.74, 6) is 0.223. The molecule has 0 spiro atoms. The van der Waals surface area contributed by atoms with E-state index in [1.165, 1.54) is 9.75 Å². The van der Waals surface area contributed by atoms with E-state index in [4.69, 9.17) is 0 Å². The lowest BCUT2D eigenvalue weighted by Crippen LogP contribution is -2.31. The van der Waals surface area contributed by atoms with Crippen LogP contribution in [0.5, 0.6) is 0 Å². The highest BCUT2D eigenvalue weighted by atomic mass is 32.1. The van der Waals surface area contributed by atoms with Crippen LogP contribution in [0.15, 0.2) is 12.1 Å². The van der Waals surface area contributed by atoms with E-state index in [0.717, 1.165) is 25.9 Å². The van der Waals surface area contributed by atoms with Gasteiger partial charge in [0.2, 0.25) is 5.91 Å². The summed E-state index contributed by atoms with van der Waals surface area (Å²) in [6.07, 6.45) is 2.28. The maximum Gasteiger partial charge on any atom is 0.238 e. The van der Waals surface area contributed by atoms with Gasteiger partial charge in [0.25, 0.3) is 0 Å². The summed E-state index contributed by atoms with van der Waals surface area (Å²) in [5, 5.41) is 3.31. The summed E-state index contributed by atoms with van der Waals surface area (Å²) in [7, 11) is 4.17. The Balaban J connectivity index is 1.90. The largest absolute Gasteiger partial charge is 0.321 e. The number of thiophene rings is 1. The van der Waals surface area contributed by atoms with Crippen LogP contribution in [0, 0.1) is 6.92 Å². The van der Waals surface area contributed by atoms with Crippen molar-refractivity contribution in [3.63, 3.8) is 0 Å². The van der Waals surface area contributed by atoms with Crippen molar-refractivity contribution >= 4 is 17.2 Å². The highest BCUT2D eigenvalue weighted by molar-refractivity contribution is 7.12. The minimum atomic E-state index is 0.0885. The van der Waals surface area contributed by atoms with Crippen molar-refractivity contribution in [1.29, 1.82) is 0 Å². The molecule has 1 fully saturated rings. The van der Waals surface area contributed by atoms with Gasteiger partial charge in [-0.1, -0.05) is 0 Å². The fourth-order valence-electron chi connectivity index (χ4n) is 2.36. The van der Waals surface area contributed by atoms with Crippen molar-refractivity contribution < 1.29 is 4.79 Å². The Labute approximate surface area is 119 Å². The first kappa shape index (κ1) is 14.5. The van der Waals surface area contributed by atoms with E-state index in [-0.39, 0.29) is 12.1 Å². The fourth-order valence-corrected chi connectivity index (χ4v) is 3.32. The lowest BCUT2D eigenvalue weighted by Gasteiger charge is -2.23. The van der Waals surface area contributed by atoms with Gasteiger partial charge in [-0.25, -0.2) is 0 Å². The van der Waals surface area contributed by atoms with E-state index < -0.39 is 0 Å². The molecule has 2 heterocycles. The standard InChI is InChI=1S/C14H23N3OS/c1-11-6-7-12(19-11)14-15-10-13(18)17(14)9-5-4-8-16(2)3/h6-7,14-15H,4-5,8-10H2,1-3H3. The molecule has 1 atom stereocenters. The fraction of sp³-hybridized carbons (Fsp3) is 0.643. The summed E-state index contributed by atoms with van der Waals surface area (Å²) in [4.78, 5) is 18.7. The molecule has 4 nitrogen and oxygen atoms in total. The van der Waals surface area contributed by atoms with Gasteiger partial charge in [-0.2, -0.15) is 0 Å². The molecule has 19 heavy (non-hydrogen) atoms. The number of nitrogens with one attached hydrogen (secondary N) is 1. The lowest BCUT2D eigenvalue weighted by atomic mass is 10.2. The number of rotatable bonds is 6. The summed E-state index contributed by atoms with van der Waals surface area (Å²) in [6.45, 7) is 4.50. The maximum absolute atomic E-state index is 12.0. The number of aryl methyl sites for hydroxylation is 1. The Kier molecular flexibility index (Phi) is 4.96. The summed E-state index contributed by atoms with van der Waals surface area (Å²) in [5.41, 5.74) is 0. The number of nitrogens with zero attached hydrogens (tertiary/aromatic N) is 2. The molecule has 1 unspecified atom stereocenters. The van der Waals surface area contributed by atoms with Gasteiger partial charge in [0.05, 0.1) is 6.54 Å². The summed E-state index contributed by atoms with van der Waals surface area (Å²) in [6, 6.07) is 4.25. The molecule has 5 heteroatoms. The molecular formula is C14H23N3OS. The first-order valence-corrected chi connectivity index (χ1v) is 7.63. The molecular weight excluding hydrogens is 258 g/mol. The molecule has 2 rings (SSSR count). The van der Waals surface area contributed by atoms with E-state index >= 15 is 0 Å². The molecule has 1 amide bonds. The van der Waals surface area contributed by atoms with Crippen LogP contribution >= 0.6 is 11.3 Å². The number of hydrogen-bond donors (Lipinski definition) is 1. The van der Waals surface area contributed by atoms with Crippen LogP contribution in [0.1, 0.15) is 28.8 Å².